The Morgan fingerprint density at radius 2 is 2.56 bits per heavy atom. The van der Waals surface area contributed by atoms with Gasteiger partial charge in [-0.25, -0.2) is 0 Å². The van der Waals surface area contributed by atoms with E-state index in [0.29, 0.717) is 11.4 Å². The monoisotopic (exact) mass is 147 g/mol. The summed E-state index contributed by atoms with van der Waals surface area (Å²) in [4.78, 5) is 10.3. The van der Waals surface area contributed by atoms with Crippen LogP contribution >= 0.6 is 12.6 Å². The molecule has 0 bridgehead atoms. The fraction of sp³-hybridized carbons (Fsp3) is 0.400. The van der Waals surface area contributed by atoms with E-state index in [9.17, 15) is 4.79 Å². The topological polar surface area (TPSA) is 38.3 Å². The van der Waals surface area contributed by atoms with Crippen molar-refractivity contribution in [3.63, 3.8) is 0 Å². The van der Waals surface area contributed by atoms with Crippen LogP contribution in [0.1, 0.15) is 0 Å². The molecule has 0 fully saturated rings. The van der Waals surface area contributed by atoms with Crippen LogP contribution in [0.5, 0.6) is 0 Å². The average Bonchev–Trinajstić information content (AvgIpc) is 1.85. The Bertz CT molecular complexity index is 114. The molecule has 0 radical (unpaired) electrons. The molecule has 3 nitrogen and oxygen atoms in total. The highest BCUT2D eigenvalue weighted by molar-refractivity contribution is 7.84. The summed E-state index contributed by atoms with van der Waals surface area (Å²) in [5.41, 5.74) is 0. The molecule has 0 atom stereocenters. The van der Waals surface area contributed by atoms with Gasteiger partial charge in [0.05, 0.1) is 0 Å². The minimum absolute atomic E-state index is 0.230. The molecule has 0 amide bonds. The van der Waals surface area contributed by atoms with E-state index in [1.165, 1.54) is 0 Å². The first-order valence-electron chi connectivity index (χ1n) is 2.41. The van der Waals surface area contributed by atoms with Crippen LogP contribution in [0, 0.1) is 0 Å². The second kappa shape index (κ2) is 5.50. The first-order valence-corrected chi connectivity index (χ1v) is 2.86. The maximum absolute atomic E-state index is 9.61. The summed E-state index contributed by atoms with van der Waals surface area (Å²) in [5, 5.41) is 2.74. The molecule has 4 heteroatoms. The van der Waals surface area contributed by atoms with E-state index in [-0.39, 0.29) is 6.61 Å². The smallest absolute Gasteiger partial charge is 0.293 e. The van der Waals surface area contributed by atoms with Crippen LogP contribution in [-0.4, -0.2) is 20.1 Å². The minimum atomic E-state index is 0.230. The van der Waals surface area contributed by atoms with Crippen molar-refractivity contribution in [3.05, 3.63) is 11.1 Å². The van der Waals surface area contributed by atoms with Gasteiger partial charge in [-0.05, 0) is 0 Å². The molecule has 1 N–H and O–H groups in total. The maximum Gasteiger partial charge on any atom is 0.293 e. The summed E-state index contributed by atoms with van der Waals surface area (Å²) in [6, 6.07) is 0. The summed E-state index contributed by atoms with van der Waals surface area (Å²) in [6.07, 6.45) is 1.65. The van der Waals surface area contributed by atoms with E-state index in [0.717, 1.165) is 0 Å². The van der Waals surface area contributed by atoms with Crippen LogP contribution in [0.3, 0.4) is 0 Å². The molecule has 0 saturated heterocycles. The molecule has 0 aliphatic carbocycles. The third kappa shape index (κ3) is 5.23. The molecular weight excluding hydrogens is 138 g/mol. The van der Waals surface area contributed by atoms with Crippen LogP contribution in [0.2, 0.25) is 0 Å². The van der Waals surface area contributed by atoms with Gasteiger partial charge in [-0.3, -0.25) is 4.79 Å². The fourth-order valence-electron chi connectivity index (χ4n) is 0.328. The van der Waals surface area contributed by atoms with Crippen molar-refractivity contribution in [1.82, 2.24) is 5.32 Å². The highest BCUT2D eigenvalue weighted by Gasteiger charge is 1.86. The molecule has 0 spiro atoms. The van der Waals surface area contributed by atoms with Gasteiger partial charge in [0.2, 0.25) is 0 Å². The Morgan fingerprint density at radius 3 is 3.00 bits per heavy atom. The van der Waals surface area contributed by atoms with Crippen molar-refractivity contribution in [2.75, 3.05) is 13.7 Å². The van der Waals surface area contributed by atoms with E-state index >= 15 is 0 Å². The number of hydrogen-bond donors (Lipinski definition) is 2. The van der Waals surface area contributed by atoms with E-state index in [1.54, 1.807) is 13.2 Å². The third-order valence-corrected chi connectivity index (χ3v) is 0.868. The van der Waals surface area contributed by atoms with Gasteiger partial charge < -0.3 is 10.1 Å². The zero-order valence-corrected chi connectivity index (χ0v) is 6.02. The van der Waals surface area contributed by atoms with E-state index in [1.807, 2.05) is 0 Å². The number of nitrogens with one attached hydrogen (secondary N) is 1. The van der Waals surface area contributed by atoms with Gasteiger partial charge in [0.1, 0.15) is 6.61 Å². The second-order valence-electron chi connectivity index (χ2n) is 1.33. The number of rotatable bonds is 4. The molecule has 0 aromatic carbocycles. The van der Waals surface area contributed by atoms with Crippen LogP contribution in [-0.2, 0) is 9.53 Å². The van der Waals surface area contributed by atoms with E-state index in [2.05, 4.69) is 22.7 Å². The molecule has 0 unspecified atom stereocenters. The van der Waals surface area contributed by atoms with Gasteiger partial charge in [-0.15, -0.1) is 12.6 Å². The quantitative estimate of drug-likeness (QED) is 0.439. The number of carbonyl (C=O) groups is 1. The molecule has 0 saturated carbocycles. The van der Waals surface area contributed by atoms with Gasteiger partial charge >= 0.3 is 0 Å². The SMILES string of the molecule is CN/C=C(\S)COC=O. The van der Waals surface area contributed by atoms with E-state index < -0.39 is 0 Å². The van der Waals surface area contributed by atoms with Gasteiger partial charge in [-0.2, -0.15) is 0 Å². The molecule has 0 aliphatic heterocycles. The van der Waals surface area contributed by atoms with Gasteiger partial charge in [-0.1, -0.05) is 0 Å². The lowest BCUT2D eigenvalue weighted by Crippen LogP contribution is -1.98. The van der Waals surface area contributed by atoms with Crippen molar-refractivity contribution in [1.29, 1.82) is 0 Å². The molecule has 0 rings (SSSR count). The number of ether oxygens (including phenoxy) is 1. The zero-order chi connectivity index (χ0) is 7.11. The predicted octanol–water partition coefficient (Wildman–Crippen LogP) is 0.150. The number of hydrogen-bond acceptors (Lipinski definition) is 4. The zero-order valence-electron chi connectivity index (χ0n) is 5.13. The van der Waals surface area contributed by atoms with Crippen molar-refractivity contribution in [2.45, 2.75) is 0 Å². The molecule has 0 heterocycles. The van der Waals surface area contributed by atoms with Gasteiger partial charge in [0.15, 0.2) is 0 Å². The standard InChI is InChI=1S/C5H9NO2S/c1-6-2-5(9)3-8-4-7/h2,4,6,9H,3H2,1H3/b5-2-. The van der Waals surface area contributed by atoms with Gasteiger partial charge in [0.25, 0.3) is 6.47 Å². The van der Waals surface area contributed by atoms with Crippen LogP contribution in [0.25, 0.3) is 0 Å². The van der Waals surface area contributed by atoms with Crippen LogP contribution in [0.4, 0.5) is 0 Å². The second-order valence-corrected chi connectivity index (χ2v) is 1.91. The van der Waals surface area contributed by atoms with Crippen molar-refractivity contribution in [2.24, 2.45) is 0 Å². The summed E-state index contributed by atoms with van der Waals surface area (Å²) < 4.78 is 4.38. The Kier molecular flexibility index (Phi) is 5.11. The Labute approximate surface area is 59.5 Å². The Morgan fingerprint density at radius 1 is 1.89 bits per heavy atom. The highest BCUT2D eigenvalue weighted by atomic mass is 32.1. The van der Waals surface area contributed by atoms with Crippen molar-refractivity contribution < 1.29 is 9.53 Å². The Hall–Kier alpha value is -0.640. The molecule has 0 aliphatic rings. The van der Waals surface area contributed by atoms with Crippen LogP contribution < -0.4 is 5.32 Å². The Balaban J connectivity index is 3.36. The molecular formula is C5H9NO2S. The lowest BCUT2D eigenvalue weighted by atomic mass is 10.6. The third-order valence-electron chi connectivity index (χ3n) is 0.610. The lowest BCUT2D eigenvalue weighted by molar-refractivity contribution is -0.127. The van der Waals surface area contributed by atoms with Crippen LogP contribution in [0.15, 0.2) is 11.1 Å². The fourth-order valence-corrected chi connectivity index (χ4v) is 0.531. The molecule has 52 valence electrons. The summed E-state index contributed by atoms with van der Waals surface area (Å²) in [7, 11) is 1.75. The first-order chi connectivity index (χ1) is 4.31. The van der Waals surface area contributed by atoms with Crippen molar-refractivity contribution >= 4 is 19.1 Å². The van der Waals surface area contributed by atoms with Crippen molar-refractivity contribution in [3.8, 4) is 0 Å². The average molecular weight is 147 g/mol. The summed E-state index contributed by atoms with van der Waals surface area (Å²) in [6.45, 7) is 0.618. The largest absolute Gasteiger partial charge is 0.462 e. The molecule has 0 aromatic heterocycles. The summed E-state index contributed by atoms with van der Waals surface area (Å²) in [5.74, 6) is 0. The number of thiol groups is 1. The molecule has 9 heavy (non-hydrogen) atoms. The predicted molar refractivity (Wildman–Crippen MR) is 38.1 cm³/mol. The number of carbonyl (C=O) groups excluding carboxylic acids is 1. The minimum Gasteiger partial charge on any atom is -0.462 e. The van der Waals surface area contributed by atoms with Gasteiger partial charge in [0, 0.05) is 18.2 Å². The summed E-state index contributed by atoms with van der Waals surface area (Å²) >= 11 is 3.96. The molecule has 0 aromatic rings. The highest BCUT2D eigenvalue weighted by Crippen LogP contribution is 1.96. The normalized spacial score (nSPS) is 10.7. The first kappa shape index (κ1) is 8.36. The maximum atomic E-state index is 9.61. The van der Waals surface area contributed by atoms with E-state index in [4.69, 9.17) is 0 Å². The lowest BCUT2D eigenvalue weighted by Gasteiger charge is -1.95.